The molecule has 0 amide bonds. The van der Waals surface area contributed by atoms with Crippen LogP contribution < -0.4 is 5.32 Å². The van der Waals surface area contributed by atoms with Crippen molar-refractivity contribution in [1.82, 2.24) is 5.32 Å². The number of rotatable bonds is 15. The van der Waals surface area contributed by atoms with Crippen LogP contribution in [0.3, 0.4) is 0 Å². The van der Waals surface area contributed by atoms with Crippen molar-refractivity contribution in [3.63, 3.8) is 0 Å². The van der Waals surface area contributed by atoms with E-state index in [-0.39, 0.29) is 12.4 Å². The maximum Gasteiger partial charge on any atom is -0.00489 e. The summed E-state index contributed by atoms with van der Waals surface area (Å²) in [6, 6.07) is 0. The molecule has 0 atom stereocenters. The van der Waals surface area contributed by atoms with Crippen molar-refractivity contribution in [1.29, 1.82) is 0 Å². The SMILES string of the molecule is CCCCCCCCCNCCCCCCCC.Cl. The van der Waals surface area contributed by atoms with Gasteiger partial charge in [0.2, 0.25) is 0 Å². The first-order chi connectivity index (χ1) is 8.91. The second-order valence-electron chi connectivity index (χ2n) is 5.64. The normalized spacial score (nSPS) is 10.4. The Morgan fingerprint density at radius 3 is 1.16 bits per heavy atom. The van der Waals surface area contributed by atoms with Gasteiger partial charge in [0.05, 0.1) is 0 Å². The van der Waals surface area contributed by atoms with Gasteiger partial charge >= 0.3 is 0 Å². The van der Waals surface area contributed by atoms with Crippen molar-refractivity contribution in [3.8, 4) is 0 Å². The lowest BCUT2D eigenvalue weighted by molar-refractivity contribution is 0.540. The molecule has 0 unspecified atom stereocenters. The van der Waals surface area contributed by atoms with E-state index in [1.807, 2.05) is 0 Å². The Morgan fingerprint density at radius 2 is 0.789 bits per heavy atom. The minimum Gasteiger partial charge on any atom is -0.317 e. The Hall–Kier alpha value is 0.250. The van der Waals surface area contributed by atoms with Gasteiger partial charge in [-0.1, -0.05) is 84.5 Å². The summed E-state index contributed by atoms with van der Waals surface area (Å²) in [5.41, 5.74) is 0. The van der Waals surface area contributed by atoms with Gasteiger partial charge in [0, 0.05) is 0 Å². The fourth-order valence-electron chi connectivity index (χ4n) is 2.36. The third-order valence-corrected chi connectivity index (χ3v) is 3.66. The average Bonchev–Trinajstić information content (AvgIpc) is 2.39. The molecule has 0 rings (SSSR count). The lowest BCUT2D eigenvalue weighted by Gasteiger charge is -2.05. The second kappa shape index (κ2) is 20.6. The first-order valence-corrected chi connectivity index (χ1v) is 8.62. The number of unbranched alkanes of at least 4 members (excludes halogenated alkanes) is 11. The summed E-state index contributed by atoms with van der Waals surface area (Å²) in [5.74, 6) is 0. The van der Waals surface area contributed by atoms with Gasteiger partial charge in [-0.15, -0.1) is 12.4 Å². The van der Waals surface area contributed by atoms with E-state index >= 15 is 0 Å². The molecule has 0 heterocycles. The third kappa shape index (κ3) is 20.7. The van der Waals surface area contributed by atoms with Gasteiger partial charge in [0.1, 0.15) is 0 Å². The summed E-state index contributed by atoms with van der Waals surface area (Å²) in [5, 5.41) is 3.58. The molecule has 1 nitrogen and oxygen atoms in total. The largest absolute Gasteiger partial charge is 0.317 e. The van der Waals surface area contributed by atoms with Crippen molar-refractivity contribution < 1.29 is 0 Å². The molecule has 0 fully saturated rings. The second-order valence-corrected chi connectivity index (χ2v) is 5.64. The van der Waals surface area contributed by atoms with Crippen molar-refractivity contribution in [2.75, 3.05) is 13.1 Å². The van der Waals surface area contributed by atoms with Crippen LogP contribution in [0.15, 0.2) is 0 Å². The molecule has 118 valence electrons. The van der Waals surface area contributed by atoms with Gasteiger partial charge in [-0.25, -0.2) is 0 Å². The highest BCUT2D eigenvalue weighted by atomic mass is 35.5. The molecule has 0 aliphatic carbocycles. The Balaban J connectivity index is 0. The highest BCUT2D eigenvalue weighted by molar-refractivity contribution is 5.85. The Kier molecular flexibility index (Phi) is 23.3. The van der Waals surface area contributed by atoms with Crippen LogP contribution in [0, 0.1) is 0 Å². The van der Waals surface area contributed by atoms with Crippen LogP contribution in [0.1, 0.15) is 97.3 Å². The van der Waals surface area contributed by atoms with Crippen LogP contribution in [0.25, 0.3) is 0 Å². The number of halogens is 1. The van der Waals surface area contributed by atoms with E-state index in [1.54, 1.807) is 0 Å². The molecule has 0 aromatic heterocycles. The van der Waals surface area contributed by atoms with Crippen LogP contribution in [-0.2, 0) is 0 Å². The Labute approximate surface area is 128 Å². The maximum atomic E-state index is 3.58. The van der Waals surface area contributed by atoms with Crippen LogP contribution in [0.4, 0.5) is 0 Å². The summed E-state index contributed by atoms with van der Waals surface area (Å²) in [4.78, 5) is 0. The first-order valence-electron chi connectivity index (χ1n) is 8.62. The standard InChI is InChI=1S/C17H37N.ClH/c1-3-5-7-9-11-13-15-17-18-16-14-12-10-8-6-4-2;/h18H,3-17H2,1-2H3;1H. The van der Waals surface area contributed by atoms with Gasteiger partial charge in [-0.2, -0.15) is 0 Å². The molecule has 19 heavy (non-hydrogen) atoms. The summed E-state index contributed by atoms with van der Waals surface area (Å²) >= 11 is 0. The predicted octanol–water partition coefficient (Wildman–Crippen LogP) is 6.11. The lowest BCUT2D eigenvalue weighted by Crippen LogP contribution is -2.16. The van der Waals surface area contributed by atoms with E-state index in [2.05, 4.69) is 19.2 Å². The monoisotopic (exact) mass is 291 g/mol. The third-order valence-electron chi connectivity index (χ3n) is 3.66. The van der Waals surface area contributed by atoms with E-state index < -0.39 is 0 Å². The van der Waals surface area contributed by atoms with Crippen molar-refractivity contribution in [2.24, 2.45) is 0 Å². The lowest BCUT2D eigenvalue weighted by atomic mass is 10.1. The summed E-state index contributed by atoms with van der Waals surface area (Å²) in [6.07, 6.45) is 18.4. The smallest absolute Gasteiger partial charge is 0.00489 e. The summed E-state index contributed by atoms with van der Waals surface area (Å²) in [7, 11) is 0. The quantitative estimate of drug-likeness (QED) is 0.359. The average molecular weight is 292 g/mol. The molecule has 0 spiro atoms. The van der Waals surface area contributed by atoms with E-state index in [9.17, 15) is 0 Å². The molecule has 0 bridgehead atoms. The molecule has 0 aromatic carbocycles. The number of hydrogen-bond donors (Lipinski definition) is 1. The molecule has 2 heteroatoms. The molecule has 0 saturated heterocycles. The van der Waals surface area contributed by atoms with E-state index in [0.29, 0.717) is 0 Å². The first kappa shape index (κ1) is 21.5. The van der Waals surface area contributed by atoms with Gasteiger partial charge < -0.3 is 5.32 Å². The van der Waals surface area contributed by atoms with Gasteiger partial charge in [0.15, 0.2) is 0 Å². The Morgan fingerprint density at radius 1 is 0.474 bits per heavy atom. The van der Waals surface area contributed by atoms with Crippen LogP contribution in [0.2, 0.25) is 0 Å². The van der Waals surface area contributed by atoms with E-state index in [4.69, 9.17) is 0 Å². The van der Waals surface area contributed by atoms with E-state index in [0.717, 1.165) is 0 Å². The zero-order valence-electron chi connectivity index (χ0n) is 13.5. The van der Waals surface area contributed by atoms with Crippen molar-refractivity contribution in [3.05, 3.63) is 0 Å². The molecule has 0 radical (unpaired) electrons. The molecule has 0 aromatic rings. The highest BCUT2D eigenvalue weighted by Crippen LogP contribution is 2.06. The predicted molar refractivity (Wildman–Crippen MR) is 91.5 cm³/mol. The van der Waals surface area contributed by atoms with Crippen molar-refractivity contribution in [2.45, 2.75) is 97.3 Å². The molecule has 0 saturated carbocycles. The van der Waals surface area contributed by atoms with E-state index in [1.165, 1.54) is 96.6 Å². The topological polar surface area (TPSA) is 12.0 Å². The van der Waals surface area contributed by atoms with Gasteiger partial charge in [-0.3, -0.25) is 0 Å². The Bertz CT molecular complexity index is 123. The zero-order chi connectivity index (χ0) is 13.3. The molecule has 1 N–H and O–H groups in total. The van der Waals surface area contributed by atoms with Crippen LogP contribution in [-0.4, -0.2) is 13.1 Å². The molecular weight excluding hydrogens is 254 g/mol. The minimum atomic E-state index is 0. The van der Waals surface area contributed by atoms with Crippen LogP contribution >= 0.6 is 12.4 Å². The fourth-order valence-corrected chi connectivity index (χ4v) is 2.36. The summed E-state index contributed by atoms with van der Waals surface area (Å²) in [6.45, 7) is 7.04. The fraction of sp³-hybridized carbons (Fsp3) is 1.00. The molecule has 0 aliphatic rings. The molecule has 0 aliphatic heterocycles. The highest BCUT2D eigenvalue weighted by Gasteiger charge is 1.92. The maximum absolute atomic E-state index is 3.58. The van der Waals surface area contributed by atoms with Crippen LogP contribution in [0.5, 0.6) is 0 Å². The van der Waals surface area contributed by atoms with Crippen molar-refractivity contribution >= 4 is 12.4 Å². The van der Waals surface area contributed by atoms with Gasteiger partial charge in [-0.05, 0) is 25.9 Å². The summed E-state index contributed by atoms with van der Waals surface area (Å²) < 4.78 is 0. The zero-order valence-corrected chi connectivity index (χ0v) is 14.3. The molecular formula is C17H38ClN. The number of hydrogen-bond acceptors (Lipinski definition) is 1. The minimum absolute atomic E-state index is 0. The number of nitrogens with one attached hydrogen (secondary N) is 1. The van der Waals surface area contributed by atoms with Gasteiger partial charge in [0.25, 0.3) is 0 Å².